The number of aryl methyl sites for hydroxylation is 1. The number of rotatable bonds is 7. The van der Waals surface area contributed by atoms with Crippen LogP contribution in [0.4, 0.5) is 11.6 Å². The van der Waals surface area contributed by atoms with Crippen molar-refractivity contribution in [3.63, 3.8) is 0 Å². The van der Waals surface area contributed by atoms with Crippen LogP contribution in [0.5, 0.6) is 11.6 Å². The molecule has 0 fully saturated rings. The summed E-state index contributed by atoms with van der Waals surface area (Å²) in [7, 11) is 1.45. The van der Waals surface area contributed by atoms with E-state index in [9.17, 15) is 19.8 Å². The number of nitrogens with one attached hydrogen (secondary N) is 2. The fourth-order valence-corrected chi connectivity index (χ4v) is 4.42. The minimum absolute atomic E-state index is 0.0321. The van der Waals surface area contributed by atoms with Crippen LogP contribution in [0.1, 0.15) is 0 Å². The van der Waals surface area contributed by atoms with E-state index in [0.717, 1.165) is 13.5 Å². The van der Waals surface area contributed by atoms with Gasteiger partial charge < -0.3 is 19.9 Å². The number of nitrogens with zero attached hydrogens (tertiary/aromatic N) is 5. The summed E-state index contributed by atoms with van der Waals surface area (Å²) in [5.41, 5.74) is -0.436. The molecule has 0 aliphatic heterocycles. The molecule has 3 heterocycles. The smallest absolute Gasteiger partial charge is 0.329 e. The highest BCUT2D eigenvalue weighted by Crippen LogP contribution is 2.37. The van der Waals surface area contributed by atoms with Crippen molar-refractivity contribution in [3.8, 4) is 11.6 Å². The first kappa shape index (κ1) is 24.9. The molecule has 37 heavy (non-hydrogen) atoms. The maximum Gasteiger partial charge on any atom is 0.329 e. The Balaban J connectivity index is 1.53. The lowest BCUT2D eigenvalue weighted by atomic mass is 10.2. The van der Waals surface area contributed by atoms with Crippen LogP contribution in [0, 0.1) is 0 Å². The number of ether oxygens (including phenoxy) is 1. The van der Waals surface area contributed by atoms with Crippen LogP contribution in [0.3, 0.4) is 0 Å². The third kappa shape index (κ3) is 4.95. The molecule has 12 nitrogen and oxygen atoms in total. The fourth-order valence-electron chi connectivity index (χ4n) is 3.79. The standard InChI is InChI=1S/C23H19Br2N7O5/c1-31-19-18(21(35)28-23(31)36)32(9-13(33)10-37-14-5-2-11(24)3-6-14)22(27-19)30-29-17-15-8-12(25)4-7-16(15)26-20(17)34/h2-8,13,26,33-34H,9-10H2,1H3,(H,28,35,36)/t13-/m1/s1. The summed E-state index contributed by atoms with van der Waals surface area (Å²) in [6.45, 7) is -0.215. The van der Waals surface area contributed by atoms with Gasteiger partial charge in [0.15, 0.2) is 16.9 Å². The molecule has 190 valence electrons. The maximum absolute atomic E-state index is 12.7. The van der Waals surface area contributed by atoms with Gasteiger partial charge in [0.05, 0.1) is 12.1 Å². The first-order valence-electron chi connectivity index (χ1n) is 10.9. The van der Waals surface area contributed by atoms with E-state index in [1.54, 1.807) is 24.3 Å². The van der Waals surface area contributed by atoms with Gasteiger partial charge in [-0.3, -0.25) is 18.9 Å². The number of imidazole rings is 1. The Labute approximate surface area is 224 Å². The zero-order valence-electron chi connectivity index (χ0n) is 19.1. The average Bonchev–Trinajstić information content (AvgIpc) is 3.37. The van der Waals surface area contributed by atoms with Crippen LogP contribution in [-0.4, -0.2) is 47.0 Å². The molecule has 0 aliphatic carbocycles. The van der Waals surface area contributed by atoms with Crippen LogP contribution in [0.2, 0.25) is 0 Å². The van der Waals surface area contributed by atoms with Crippen molar-refractivity contribution < 1.29 is 14.9 Å². The molecule has 3 aromatic heterocycles. The summed E-state index contributed by atoms with van der Waals surface area (Å²) >= 11 is 6.75. The van der Waals surface area contributed by atoms with Gasteiger partial charge in [-0.25, -0.2) is 4.79 Å². The highest BCUT2D eigenvalue weighted by atomic mass is 79.9. The number of fused-ring (bicyclic) bond motifs is 2. The number of aromatic amines is 2. The van der Waals surface area contributed by atoms with Gasteiger partial charge in [0.25, 0.3) is 11.5 Å². The summed E-state index contributed by atoms with van der Waals surface area (Å²) in [6, 6.07) is 12.4. The average molecular weight is 633 g/mol. The van der Waals surface area contributed by atoms with Gasteiger partial charge in [0.1, 0.15) is 18.5 Å². The number of aromatic nitrogens is 5. The van der Waals surface area contributed by atoms with Gasteiger partial charge >= 0.3 is 5.69 Å². The van der Waals surface area contributed by atoms with Crippen molar-refractivity contribution in [2.45, 2.75) is 12.6 Å². The van der Waals surface area contributed by atoms with Gasteiger partial charge in [0, 0.05) is 21.4 Å². The number of hydrogen-bond acceptors (Lipinski definition) is 8. The molecule has 5 aromatic rings. The number of aromatic hydroxyl groups is 1. The van der Waals surface area contributed by atoms with Gasteiger partial charge in [0.2, 0.25) is 5.88 Å². The number of hydrogen-bond donors (Lipinski definition) is 4. The molecule has 1 atom stereocenters. The molecule has 5 rings (SSSR count). The first-order valence-corrected chi connectivity index (χ1v) is 12.5. The van der Waals surface area contributed by atoms with E-state index in [-0.39, 0.29) is 41.8 Å². The van der Waals surface area contributed by atoms with E-state index in [4.69, 9.17) is 4.74 Å². The Morgan fingerprint density at radius 1 is 1.08 bits per heavy atom. The minimum Gasteiger partial charge on any atom is -0.493 e. The fraction of sp³-hybridized carbons (Fsp3) is 0.174. The number of aliphatic hydroxyl groups is 1. The van der Waals surface area contributed by atoms with E-state index in [1.165, 1.54) is 11.6 Å². The van der Waals surface area contributed by atoms with E-state index in [1.807, 2.05) is 18.2 Å². The van der Waals surface area contributed by atoms with E-state index < -0.39 is 17.4 Å². The van der Waals surface area contributed by atoms with Crippen LogP contribution < -0.4 is 16.0 Å². The molecule has 0 radical (unpaired) electrons. The molecule has 0 saturated carbocycles. The molecule has 0 unspecified atom stereocenters. The van der Waals surface area contributed by atoms with Crippen molar-refractivity contribution in [3.05, 3.63) is 72.2 Å². The second kappa shape index (κ2) is 9.95. The molecular formula is C23H19Br2N7O5. The third-order valence-electron chi connectivity index (χ3n) is 5.59. The summed E-state index contributed by atoms with van der Waals surface area (Å²) in [6.07, 6.45) is -1.07. The SMILES string of the molecule is Cn1c(=O)[nH]c(=O)c2c1nc(N=Nc1c(O)[nH]c3ccc(Br)cc13)n2C[C@@H](O)COc1ccc(Br)cc1. The Kier molecular flexibility index (Phi) is 6.70. The molecular weight excluding hydrogens is 614 g/mol. The van der Waals surface area contributed by atoms with E-state index >= 15 is 0 Å². The molecule has 4 N–H and O–H groups in total. The zero-order chi connectivity index (χ0) is 26.3. The Morgan fingerprint density at radius 3 is 2.57 bits per heavy atom. The summed E-state index contributed by atoms with van der Waals surface area (Å²) in [5.74, 6) is 0.305. The van der Waals surface area contributed by atoms with Crippen LogP contribution >= 0.6 is 31.9 Å². The highest BCUT2D eigenvalue weighted by molar-refractivity contribution is 9.10. The Hall–Kier alpha value is -3.75. The predicted molar refractivity (Wildman–Crippen MR) is 143 cm³/mol. The van der Waals surface area contributed by atoms with Crippen molar-refractivity contribution in [2.75, 3.05) is 6.61 Å². The van der Waals surface area contributed by atoms with Crippen LogP contribution in [0.25, 0.3) is 22.1 Å². The molecule has 14 heteroatoms. The lowest BCUT2D eigenvalue weighted by Crippen LogP contribution is -2.30. The zero-order valence-corrected chi connectivity index (χ0v) is 22.3. The largest absolute Gasteiger partial charge is 0.493 e. The van der Waals surface area contributed by atoms with Crippen LogP contribution in [-0.2, 0) is 13.6 Å². The van der Waals surface area contributed by atoms with Crippen molar-refractivity contribution >= 4 is 65.6 Å². The lowest BCUT2D eigenvalue weighted by Gasteiger charge is -2.14. The lowest BCUT2D eigenvalue weighted by molar-refractivity contribution is 0.0937. The molecule has 0 saturated heterocycles. The van der Waals surface area contributed by atoms with Gasteiger partial charge in [-0.2, -0.15) is 4.98 Å². The van der Waals surface area contributed by atoms with Crippen molar-refractivity contribution in [1.82, 2.24) is 24.1 Å². The summed E-state index contributed by atoms with van der Waals surface area (Å²) in [5, 5.41) is 30.0. The number of azo groups is 1. The Bertz CT molecular complexity index is 1770. The quantitative estimate of drug-likeness (QED) is 0.198. The monoisotopic (exact) mass is 631 g/mol. The molecule has 2 aromatic carbocycles. The molecule has 0 spiro atoms. The van der Waals surface area contributed by atoms with E-state index in [2.05, 4.69) is 57.0 Å². The van der Waals surface area contributed by atoms with E-state index in [0.29, 0.717) is 16.7 Å². The van der Waals surface area contributed by atoms with Crippen molar-refractivity contribution in [2.24, 2.45) is 17.3 Å². The first-order chi connectivity index (χ1) is 17.7. The maximum atomic E-state index is 12.7. The summed E-state index contributed by atoms with van der Waals surface area (Å²) < 4.78 is 9.83. The van der Waals surface area contributed by atoms with Gasteiger partial charge in [-0.1, -0.05) is 31.9 Å². The molecule has 0 bridgehead atoms. The Morgan fingerprint density at radius 2 is 1.81 bits per heavy atom. The summed E-state index contributed by atoms with van der Waals surface area (Å²) in [4.78, 5) is 34.2. The van der Waals surface area contributed by atoms with Crippen molar-refractivity contribution in [1.29, 1.82) is 0 Å². The number of aliphatic hydroxyl groups excluding tert-OH is 1. The highest BCUT2D eigenvalue weighted by Gasteiger charge is 2.21. The minimum atomic E-state index is -1.07. The van der Waals surface area contributed by atoms with Gasteiger partial charge in [-0.05, 0) is 42.5 Å². The second-order valence-electron chi connectivity index (χ2n) is 8.14. The number of benzene rings is 2. The predicted octanol–water partition coefficient (Wildman–Crippen LogP) is 3.99. The second-order valence-corrected chi connectivity index (χ2v) is 9.98. The number of halogens is 2. The normalized spacial score (nSPS) is 12.6. The molecule has 0 amide bonds. The topological polar surface area (TPSA) is 163 Å². The molecule has 0 aliphatic rings. The van der Waals surface area contributed by atoms with Crippen LogP contribution in [0.15, 0.2) is 71.2 Å². The number of H-pyrrole nitrogens is 2. The third-order valence-corrected chi connectivity index (χ3v) is 6.61. The van der Waals surface area contributed by atoms with Gasteiger partial charge in [-0.15, -0.1) is 10.2 Å².